The average molecular weight is 171 g/mol. The van der Waals surface area contributed by atoms with Gasteiger partial charge in [0.1, 0.15) is 17.2 Å². The molecule has 0 spiro atoms. The predicted octanol–water partition coefficient (Wildman–Crippen LogP) is -1.37. The van der Waals surface area contributed by atoms with Gasteiger partial charge in [-0.15, -0.1) is 11.6 Å². The lowest BCUT2D eigenvalue weighted by Crippen LogP contribution is -2.65. The van der Waals surface area contributed by atoms with Crippen LogP contribution in [0.15, 0.2) is 0 Å². The third kappa shape index (κ3) is 1.56. The fourth-order valence-electron chi connectivity index (χ4n) is 0.877. The smallest absolute Gasteiger partial charge is 0.157 e. The minimum absolute atomic E-state index is 0.0999. The van der Waals surface area contributed by atoms with Crippen LogP contribution in [0.25, 0.3) is 0 Å². The highest BCUT2D eigenvalue weighted by Crippen LogP contribution is 2.14. The fraction of sp³-hybridized carbons (Fsp3) is 1.00. The van der Waals surface area contributed by atoms with E-state index in [0.717, 1.165) is 0 Å². The summed E-state index contributed by atoms with van der Waals surface area (Å²) < 4.78 is 21.5. The molecule has 3 N–H and O–H groups in total. The Balaban J connectivity index is 2.77. The molecule has 0 aromatic heterocycles. The van der Waals surface area contributed by atoms with Crippen molar-refractivity contribution in [2.45, 2.75) is 11.4 Å². The lowest BCUT2D eigenvalue weighted by molar-refractivity contribution is -0.409. The molecular formula is C4H9ClNO2S+. The maximum atomic E-state index is 10.7. The SMILES string of the molecule is [NH3+][C@@H]1CS(=O)(=O)C[C@@H]1Cl. The summed E-state index contributed by atoms with van der Waals surface area (Å²) >= 11 is 5.61. The van der Waals surface area contributed by atoms with E-state index in [4.69, 9.17) is 11.6 Å². The van der Waals surface area contributed by atoms with Crippen LogP contribution < -0.4 is 5.73 Å². The number of quaternary nitrogens is 1. The number of hydrogen-bond donors (Lipinski definition) is 1. The first-order valence-corrected chi connectivity index (χ1v) is 4.94. The third-order valence-electron chi connectivity index (χ3n) is 1.39. The highest BCUT2D eigenvalue weighted by molar-refractivity contribution is 7.91. The molecule has 54 valence electrons. The number of hydrogen-bond acceptors (Lipinski definition) is 2. The van der Waals surface area contributed by atoms with Crippen LogP contribution in [0.4, 0.5) is 0 Å². The largest absolute Gasteiger partial charge is 0.353 e. The third-order valence-corrected chi connectivity index (χ3v) is 3.89. The lowest BCUT2D eigenvalue weighted by Gasteiger charge is -1.96. The van der Waals surface area contributed by atoms with Crippen molar-refractivity contribution in [1.82, 2.24) is 0 Å². The van der Waals surface area contributed by atoms with Crippen LogP contribution >= 0.6 is 11.6 Å². The van der Waals surface area contributed by atoms with Crippen molar-refractivity contribution in [3.8, 4) is 0 Å². The van der Waals surface area contributed by atoms with Crippen molar-refractivity contribution in [2.24, 2.45) is 0 Å². The van der Waals surface area contributed by atoms with Gasteiger partial charge in [0, 0.05) is 0 Å². The highest BCUT2D eigenvalue weighted by atomic mass is 35.5. The van der Waals surface area contributed by atoms with Gasteiger partial charge in [-0.1, -0.05) is 0 Å². The van der Waals surface area contributed by atoms with E-state index < -0.39 is 9.84 Å². The van der Waals surface area contributed by atoms with Crippen LogP contribution in [0.2, 0.25) is 0 Å². The van der Waals surface area contributed by atoms with E-state index in [-0.39, 0.29) is 22.9 Å². The molecule has 9 heavy (non-hydrogen) atoms. The molecule has 1 heterocycles. The van der Waals surface area contributed by atoms with Gasteiger partial charge in [-0.2, -0.15) is 0 Å². The fourth-order valence-corrected chi connectivity index (χ4v) is 3.43. The zero-order valence-electron chi connectivity index (χ0n) is 4.88. The molecule has 1 aliphatic rings. The molecule has 0 unspecified atom stereocenters. The molecular weight excluding hydrogens is 162 g/mol. The Morgan fingerprint density at radius 2 is 2.00 bits per heavy atom. The Morgan fingerprint density at radius 3 is 2.11 bits per heavy atom. The molecule has 2 atom stereocenters. The van der Waals surface area contributed by atoms with Crippen molar-refractivity contribution in [1.29, 1.82) is 0 Å². The van der Waals surface area contributed by atoms with E-state index >= 15 is 0 Å². The standard InChI is InChI=1S/C4H8ClNO2S/c5-3-1-9(7,8)2-4(3)6/h3-4H,1-2,6H2/p+1/t3-,4+/m0/s1. The molecule has 1 rings (SSSR count). The molecule has 0 aromatic rings. The van der Waals surface area contributed by atoms with Crippen LogP contribution in [0, 0.1) is 0 Å². The minimum Gasteiger partial charge on any atom is -0.353 e. The van der Waals surface area contributed by atoms with Crippen LogP contribution in [0.1, 0.15) is 0 Å². The minimum atomic E-state index is -2.84. The second-order valence-electron chi connectivity index (χ2n) is 2.35. The quantitative estimate of drug-likeness (QED) is 0.456. The van der Waals surface area contributed by atoms with Gasteiger partial charge in [0.25, 0.3) is 0 Å². The van der Waals surface area contributed by atoms with E-state index in [2.05, 4.69) is 5.73 Å². The van der Waals surface area contributed by atoms with Crippen LogP contribution in [-0.2, 0) is 9.84 Å². The summed E-state index contributed by atoms with van der Waals surface area (Å²) in [5.74, 6) is 0.254. The Morgan fingerprint density at radius 1 is 1.44 bits per heavy atom. The second kappa shape index (κ2) is 2.11. The Kier molecular flexibility index (Phi) is 1.71. The first-order valence-electron chi connectivity index (χ1n) is 2.69. The monoisotopic (exact) mass is 170 g/mol. The zero-order chi connectivity index (χ0) is 7.07. The van der Waals surface area contributed by atoms with Gasteiger partial charge >= 0.3 is 0 Å². The van der Waals surface area contributed by atoms with Gasteiger partial charge in [-0.05, 0) is 0 Å². The van der Waals surface area contributed by atoms with Crippen molar-refractivity contribution < 1.29 is 14.2 Å². The normalized spacial score (nSPS) is 41.1. The predicted molar refractivity (Wildman–Crippen MR) is 35.0 cm³/mol. The van der Waals surface area contributed by atoms with E-state index in [0.29, 0.717) is 0 Å². The number of alkyl halides is 1. The summed E-state index contributed by atoms with van der Waals surface area (Å²) in [7, 11) is -2.84. The van der Waals surface area contributed by atoms with Crippen LogP contribution in [0.5, 0.6) is 0 Å². The molecule has 0 aliphatic carbocycles. The molecule has 1 aliphatic heterocycles. The highest BCUT2D eigenvalue weighted by Gasteiger charge is 2.36. The van der Waals surface area contributed by atoms with Gasteiger partial charge in [0.05, 0.1) is 5.75 Å². The number of sulfone groups is 1. The molecule has 0 saturated carbocycles. The molecule has 1 saturated heterocycles. The van der Waals surface area contributed by atoms with Crippen molar-refractivity contribution in [2.75, 3.05) is 11.5 Å². The molecule has 0 radical (unpaired) electrons. The van der Waals surface area contributed by atoms with Gasteiger partial charge in [0.2, 0.25) is 0 Å². The van der Waals surface area contributed by atoms with Crippen LogP contribution in [-0.4, -0.2) is 31.3 Å². The van der Waals surface area contributed by atoms with E-state index in [9.17, 15) is 8.42 Å². The first kappa shape index (κ1) is 7.31. The molecule has 5 heteroatoms. The summed E-state index contributed by atoms with van der Waals surface area (Å²) in [5, 5.41) is -0.269. The topological polar surface area (TPSA) is 61.8 Å². The van der Waals surface area contributed by atoms with E-state index in [1.54, 1.807) is 0 Å². The van der Waals surface area contributed by atoms with Gasteiger partial charge in [-0.25, -0.2) is 8.42 Å². The summed E-state index contributed by atoms with van der Waals surface area (Å²) in [6.07, 6.45) is 0. The van der Waals surface area contributed by atoms with Gasteiger partial charge < -0.3 is 5.73 Å². The second-order valence-corrected chi connectivity index (χ2v) is 5.07. The maximum Gasteiger partial charge on any atom is 0.157 e. The summed E-state index contributed by atoms with van der Waals surface area (Å²) in [6, 6.07) is -0.114. The van der Waals surface area contributed by atoms with Gasteiger partial charge in [-0.3, -0.25) is 0 Å². The van der Waals surface area contributed by atoms with Gasteiger partial charge in [0.15, 0.2) is 9.84 Å². The lowest BCUT2D eigenvalue weighted by atomic mass is 10.3. The summed E-state index contributed by atoms with van der Waals surface area (Å²) in [4.78, 5) is 0. The Bertz CT molecular complexity index is 185. The van der Waals surface area contributed by atoms with Crippen molar-refractivity contribution in [3.63, 3.8) is 0 Å². The summed E-state index contributed by atoms with van der Waals surface area (Å²) in [5.41, 5.74) is 3.60. The van der Waals surface area contributed by atoms with E-state index in [1.165, 1.54) is 0 Å². The Hall–Kier alpha value is 0.200. The van der Waals surface area contributed by atoms with Crippen molar-refractivity contribution in [3.05, 3.63) is 0 Å². The summed E-state index contributed by atoms with van der Waals surface area (Å²) in [6.45, 7) is 0. The first-order chi connectivity index (χ1) is 4.01. The molecule has 0 amide bonds. The van der Waals surface area contributed by atoms with E-state index in [1.807, 2.05) is 0 Å². The number of halogens is 1. The average Bonchev–Trinajstić information content (AvgIpc) is 1.79. The Labute approximate surface area is 59.1 Å². The molecule has 1 fully saturated rings. The molecule has 0 bridgehead atoms. The zero-order valence-corrected chi connectivity index (χ0v) is 6.45. The molecule has 3 nitrogen and oxygen atoms in total. The van der Waals surface area contributed by atoms with Crippen LogP contribution in [0.3, 0.4) is 0 Å². The maximum absolute atomic E-state index is 10.7. The number of rotatable bonds is 0. The van der Waals surface area contributed by atoms with Crippen molar-refractivity contribution >= 4 is 21.4 Å². The molecule has 0 aromatic carbocycles.